The van der Waals surface area contributed by atoms with Crippen LogP contribution in [-0.2, 0) is 9.59 Å². The molecule has 1 fully saturated rings. The van der Waals surface area contributed by atoms with E-state index in [4.69, 9.17) is 0 Å². The number of rotatable bonds is 4. The smallest absolute Gasteiger partial charge is 0.237 e. The fraction of sp³-hybridized carbons (Fsp3) is 0.500. The first-order valence-corrected chi connectivity index (χ1v) is 7.08. The number of hydrogen-bond acceptors (Lipinski definition) is 3. The summed E-state index contributed by atoms with van der Waals surface area (Å²) in [4.78, 5) is 23.6. The Balaban J connectivity index is 1.95. The molecule has 0 spiro atoms. The van der Waals surface area contributed by atoms with Crippen molar-refractivity contribution in [1.29, 1.82) is 0 Å². The van der Waals surface area contributed by atoms with Gasteiger partial charge in [-0.1, -0.05) is 24.3 Å². The van der Waals surface area contributed by atoms with Crippen molar-refractivity contribution in [3.63, 3.8) is 0 Å². The van der Waals surface area contributed by atoms with Crippen molar-refractivity contribution in [2.45, 2.75) is 39.3 Å². The number of hydrogen-bond donors (Lipinski definition) is 2. The Kier molecular flexibility index (Phi) is 4.55. The molecule has 3 atom stereocenters. The summed E-state index contributed by atoms with van der Waals surface area (Å²) in [5, 5.41) is 6.15. The van der Waals surface area contributed by atoms with Gasteiger partial charge < -0.3 is 10.6 Å². The van der Waals surface area contributed by atoms with Crippen LogP contribution in [0.4, 0.5) is 0 Å². The van der Waals surface area contributed by atoms with E-state index in [0.717, 1.165) is 5.56 Å². The topological polar surface area (TPSA) is 58.2 Å². The van der Waals surface area contributed by atoms with E-state index in [0.29, 0.717) is 13.0 Å². The Labute approximate surface area is 119 Å². The van der Waals surface area contributed by atoms with Crippen LogP contribution in [0.5, 0.6) is 0 Å². The van der Waals surface area contributed by atoms with E-state index >= 15 is 0 Å². The number of carbonyl (C=O) groups is 2. The second-order valence-electron chi connectivity index (χ2n) is 5.59. The second kappa shape index (κ2) is 6.18. The average molecular weight is 274 g/mol. The number of ketones is 1. The normalized spacial score (nSPS) is 23.4. The zero-order chi connectivity index (χ0) is 14.7. The SMILES string of the molecule is CC(=O)C1CNC(C(=O)NC(C)c2ccccc2C)C1. The van der Waals surface area contributed by atoms with Gasteiger partial charge in [-0.3, -0.25) is 9.59 Å². The number of Topliss-reactive ketones (excluding diaryl/α,β-unsaturated/α-hetero) is 1. The molecular weight excluding hydrogens is 252 g/mol. The molecule has 1 aliphatic rings. The summed E-state index contributed by atoms with van der Waals surface area (Å²) in [6.07, 6.45) is 0.599. The first-order chi connectivity index (χ1) is 9.49. The van der Waals surface area contributed by atoms with E-state index in [1.165, 1.54) is 5.56 Å². The molecule has 108 valence electrons. The Morgan fingerprint density at radius 1 is 1.35 bits per heavy atom. The van der Waals surface area contributed by atoms with Crippen LogP contribution in [0.25, 0.3) is 0 Å². The van der Waals surface area contributed by atoms with Crippen LogP contribution in [0.15, 0.2) is 24.3 Å². The van der Waals surface area contributed by atoms with Crippen molar-refractivity contribution in [1.82, 2.24) is 10.6 Å². The molecule has 0 saturated carbocycles. The number of aryl methyl sites for hydroxylation is 1. The summed E-state index contributed by atoms with van der Waals surface area (Å²) in [6.45, 7) is 6.21. The lowest BCUT2D eigenvalue weighted by Crippen LogP contribution is -2.41. The van der Waals surface area contributed by atoms with Gasteiger partial charge in [-0.15, -0.1) is 0 Å². The van der Waals surface area contributed by atoms with Gasteiger partial charge in [0, 0.05) is 12.5 Å². The van der Waals surface area contributed by atoms with E-state index in [-0.39, 0.29) is 29.7 Å². The molecule has 0 bridgehead atoms. The fourth-order valence-corrected chi connectivity index (χ4v) is 2.71. The van der Waals surface area contributed by atoms with Crippen molar-refractivity contribution in [2.24, 2.45) is 5.92 Å². The highest BCUT2D eigenvalue weighted by atomic mass is 16.2. The molecule has 0 aromatic heterocycles. The highest BCUT2D eigenvalue weighted by Gasteiger charge is 2.32. The monoisotopic (exact) mass is 274 g/mol. The molecule has 2 N–H and O–H groups in total. The van der Waals surface area contributed by atoms with Gasteiger partial charge in [-0.2, -0.15) is 0 Å². The van der Waals surface area contributed by atoms with E-state index < -0.39 is 0 Å². The summed E-state index contributed by atoms with van der Waals surface area (Å²) in [5.74, 6) is 0.101. The first-order valence-electron chi connectivity index (χ1n) is 7.08. The Morgan fingerprint density at radius 3 is 2.65 bits per heavy atom. The molecule has 1 amide bonds. The van der Waals surface area contributed by atoms with Crippen molar-refractivity contribution < 1.29 is 9.59 Å². The molecule has 20 heavy (non-hydrogen) atoms. The van der Waals surface area contributed by atoms with Crippen LogP contribution < -0.4 is 10.6 Å². The number of amides is 1. The summed E-state index contributed by atoms with van der Waals surface area (Å²) >= 11 is 0. The minimum atomic E-state index is -0.254. The zero-order valence-corrected chi connectivity index (χ0v) is 12.3. The molecule has 0 radical (unpaired) electrons. The summed E-state index contributed by atoms with van der Waals surface area (Å²) in [6, 6.07) is 7.75. The highest BCUT2D eigenvalue weighted by Crippen LogP contribution is 2.19. The Morgan fingerprint density at radius 2 is 2.05 bits per heavy atom. The minimum Gasteiger partial charge on any atom is -0.348 e. The van der Waals surface area contributed by atoms with E-state index in [1.807, 2.05) is 38.1 Å². The van der Waals surface area contributed by atoms with Crippen LogP contribution in [0.1, 0.15) is 37.4 Å². The van der Waals surface area contributed by atoms with Crippen molar-refractivity contribution in [3.05, 3.63) is 35.4 Å². The van der Waals surface area contributed by atoms with Gasteiger partial charge in [-0.05, 0) is 38.3 Å². The van der Waals surface area contributed by atoms with Gasteiger partial charge in [-0.25, -0.2) is 0 Å². The van der Waals surface area contributed by atoms with Gasteiger partial charge in [0.1, 0.15) is 5.78 Å². The van der Waals surface area contributed by atoms with Gasteiger partial charge in [0.2, 0.25) is 5.91 Å². The minimum absolute atomic E-state index is 0.0236. The molecule has 3 unspecified atom stereocenters. The van der Waals surface area contributed by atoms with Gasteiger partial charge in [0.25, 0.3) is 0 Å². The molecule has 1 saturated heterocycles. The molecule has 1 aliphatic heterocycles. The quantitative estimate of drug-likeness (QED) is 0.879. The molecule has 4 nitrogen and oxygen atoms in total. The van der Waals surface area contributed by atoms with Crippen LogP contribution in [0.3, 0.4) is 0 Å². The Bertz CT molecular complexity index is 513. The lowest BCUT2D eigenvalue weighted by molar-refractivity contribution is -0.123. The van der Waals surface area contributed by atoms with Crippen molar-refractivity contribution in [2.75, 3.05) is 6.54 Å². The largest absolute Gasteiger partial charge is 0.348 e. The molecule has 1 heterocycles. The van der Waals surface area contributed by atoms with Crippen molar-refractivity contribution >= 4 is 11.7 Å². The highest BCUT2D eigenvalue weighted by molar-refractivity contribution is 5.85. The third kappa shape index (κ3) is 3.25. The lowest BCUT2D eigenvalue weighted by atomic mass is 10.00. The third-order valence-corrected chi connectivity index (χ3v) is 4.04. The average Bonchev–Trinajstić information content (AvgIpc) is 2.88. The Hall–Kier alpha value is -1.68. The maximum absolute atomic E-state index is 12.2. The molecule has 0 aliphatic carbocycles. The summed E-state index contributed by atoms with van der Waals surface area (Å²) in [7, 11) is 0. The van der Waals surface area contributed by atoms with Crippen LogP contribution in [-0.4, -0.2) is 24.3 Å². The van der Waals surface area contributed by atoms with Crippen LogP contribution >= 0.6 is 0 Å². The molecular formula is C16H22N2O2. The number of benzene rings is 1. The van der Waals surface area contributed by atoms with Gasteiger partial charge >= 0.3 is 0 Å². The predicted octanol–water partition coefficient (Wildman–Crippen LogP) is 1.74. The number of nitrogens with one attached hydrogen (secondary N) is 2. The van der Waals surface area contributed by atoms with Crippen LogP contribution in [0, 0.1) is 12.8 Å². The van der Waals surface area contributed by atoms with E-state index in [2.05, 4.69) is 10.6 Å². The van der Waals surface area contributed by atoms with Gasteiger partial charge in [0.05, 0.1) is 12.1 Å². The third-order valence-electron chi connectivity index (χ3n) is 4.04. The standard InChI is InChI=1S/C16H22N2O2/c1-10-6-4-5-7-14(10)11(2)18-16(20)15-8-13(9-17-15)12(3)19/h4-7,11,13,15,17H,8-9H2,1-3H3,(H,18,20). The predicted molar refractivity (Wildman–Crippen MR) is 78.3 cm³/mol. The molecule has 1 aromatic rings. The molecule has 1 aromatic carbocycles. The lowest BCUT2D eigenvalue weighted by Gasteiger charge is -2.19. The van der Waals surface area contributed by atoms with E-state index in [9.17, 15) is 9.59 Å². The fourth-order valence-electron chi connectivity index (χ4n) is 2.71. The zero-order valence-electron chi connectivity index (χ0n) is 12.3. The first kappa shape index (κ1) is 14.7. The second-order valence-corrected chi connectivity index (χ2v) is 5.59. The summed E-state index contributed by atoms with van der Waals surface area (Å²) < 4.78 is 0. The van der Waals surface area contributed by atoms with E-state index in [1.54, 1.807) is 6.92 Å². The summed E-state index contributed by atoms with van der Waals surface area (Å²) in [5.41, 5.74) is 2.29. The van der Waals surface area contributed by atoms with Crippen LogP contribution in [0.2, 0.25) is 0 Å². The number of carbonyl (C=O) groups excluding carboxylic acids is 2. The molecule has 4 heteroatoms. The maximum atomic E-state index is 12.2. The van der Waals surface area contributed by atoms with Gasteiger partial charge in [0.15, 0.2) is 0 Å². The molecule has 2 rings (SSSR count). The van der Waals surface area contributed by atoms with Crippen molar-refractivity contribution in [3.8, 4) is 0 Å². The maximum Gasteiger partial charge on any atom is 0.237 e.